The van der Waals surface area contributed by atoms with Gasteiger partial charge in [-0.3, -0.25) is 4.90 Å². The number of carbonyl (C=O) groups is 1. The monoisotopic (exact) mass is 638 g/mol. The standard InChI is InChI=1S/C36H42N6O3S/c1-4-46-35-37-32-25-42(24-29-9-7-8-28(20-29)21-40-18-5-6-19-40)36(43)38-33(32)34(39-35)41(22-26-10-14-30(44-2)15-11-26)23-27-12-16-31(45-3)17-13-27/h7-17,20H,4-6,18-19,21-25H2,1-3H3,(H,38,43). The number of rotatable bonds is 13. The Kier molecular flexibility index (Phi) is 10.2. The van der Waals surface area contributed by atoms with Crippen LogP contribution in [0.1, 0.15) is 47.7 Å². The number of benzene rings is 3. The molecule has 6 rings (SSSR count). The Balaban J connectivity index is 1.30. The van der Waals surface area contributed by atoms with Crippen LogP contribution in [0.3, 0.4) is 0 Å². The summed E-state index contributed by atoms with van der Waals surface area (Å²) in [5, 5.41) is 3.90. The molecule has 3 heterocycles. The van der Waals surface area contributed by atoms with Gasteiger partial charge in [0.05, 0.1) is 26.5 Å². The van der Waals surface area contributed by atoms with Crippen molar-refractivity contribution in [1.82, 2.24) is 19.8 Å². The van der Waals surface area contributed by atoms with Crippen molar-refractivity contribution in [1.29, 1.82) is 0 Å². The molecule has 9 nitrogen and oxygen atoms in total. The van der Waals surface area contributed by atoms with Crippen LogP contribution in [-0.2, 0) is 32.7 Å². The van der Waals surface area contributed by atoms with Crippen LogP contribution in [0.2, 0.25) is 0 Å². The Morgan fingerprint density at radius 2 is 1.43 bits per heavy atom. The van der Waals surface area contributed by atoms with Crippen LogP contribution in [0.4, 0.5) is 16.3 Å². The summed E-state index contributed by atoms with van der Waals surface area (Å²) in [6.07, 6.45) is 2.54. The molecule has 0 radical (unpaired) electrons. The third-order valence-electron chi connectivity index (χ3n) is 8.41. The van der Waals surface area contributed by atoms with Crippen LogP contribution in [0, 0.1) is 0 Å². The molecule has 1 saturated heterocycles. The first-order valence-electron chi connectivity index (χ1n) is 15.9. The number of aromatic nitrogens is 2. The van der Waals surface area contributed by atoms with Gasteiger partial charge in [-0.2, -0.15) is 0 Å². The average molecular weight is 639 g/mol. The lowest BCUT2D eigenvalue weighted by Gasteiger charge is -2.33. The highest BCUT2D eigenvalue weighted by Crippen LogP contribution is 2.36. The van der Waals surface area contributed by atoms with Gasteiger partial charge in [-0.25, -0.2) is 14.8 Å². The van der Waals surface area contributed by atoms with Crippen LogP contribution < -0.4 is 19.7 Å². The number of ether oxygens (including phenoxy) is 2. The van der Waals surface area contributed by atoms with E-state index in [0.29, 0.717) is 42.8 Å². The van der Waals surface area contributed by atoms with Crippen molar-refractivity contribution in [2.75, 3.05) is 43.3 Å². The van der Waals surface area contributed by atoms with Crippen molar-refractivity contribution < 1.29 is 14.3 Å². The van der Waals surface area contributed by atoms with Crippen LogP contribution >= 0.6 is 11.8 Å². The lowest BCUT2D eigenvalue weighted by Crippen LogP contribution is -2.40. The molecule has 4 aromatic rings. The smallest absolute Gasteiger partial charge is 0.322 e. The van der Waals surface area contributed by atoms with Gasteiger partial charge in [0.2, 0.25) is 0 Å². The van der Waals surface area contributed by atoms with Crippen LogP contribution in [0.25, 0.3) is 0 Å². The van der Waals surface area contributed by atoms with E-state index in [0.717, 1.165) is 59.3 Å². The minimum absolute atomic E-state index is 0.146. The van der Waals surface area contributed by atoms with Gasteiger partial charge in [-0.15, -0.1) is 0 Å². The molecule has 2 aliphatic heterocycles. The van der Waals surface area contributed by atoms with E-state index < -0.39 is 0 Å². The summed E-state index contributed by atoms with van der Waals surface area (Å²) in [7, 11) is 3.34. The van der Waals surface area contributed by atoms with Gasteiger partial charge in [0, 0.05) is 26.2 Å². The second-order valence-corrected chi connectivity index (χ2v) is 13.0. The van der Waals surface area contributed by atoms with Gasteiger partial charge in [-0.1, -0.05) is 67.2 Å². The Morgan fingerprint density at radius 3 is 2.02 bits per heavy atom. The molecule has 2 amide bonds. The summed E-state index contributed by atoms with van der Waals surface area (Å²) in [5.74, 6) is 3.17. The first-order valence-corrected chi connectivity index (χ1v) is 16.9. The lowest BCUT2D eigenvalue weighted by molar-refractivity contribution is 0.202. The molecule has 240 valence electrons. The highest BCUT2D eigenvalue weighted by atomic mass is 32.2. The number of fused-ring (bicyclic) bond motifs is 1. The minimum atomic E-state index is -0.146. The molecule has 3 aromatic carbocycles. The van der Waals surface area contributed by atoms with Crippen molar-refractivity contribution >= 4 is 29.3 Å². The Bertz CT molecular complexity index is 1580. The number of thioether (sulfide) groups is 1. The third kappa shape index (κ3) is 7.74. The number of methoxy groups -OCH3 is 2. The summed E-state index contributed by atoms with van der Waals surface area (Å²) in [4.78, 5) is 30.2. The van der Waals surface area contributed by atoms with Gasteiger partial charge in [-0.05, 0) is 78.2 Å². The fraction of sp³-hybridized carbons (Fsp3) is 0.361. The molecule has 2 aliphatic rings. The summed E-state index contributed by atoms with van der Waals surface area (Å²) < 4.78 is 10.8. The number of urea groups is 1. The van der Waals surface area contributed by atoms with Crippen LogP contribution in [0.15, 0.2) is 78.0 Å². The number of nitrogens with one attached hydrogen (secondary N) is 1. The number of amides is 2. The number of hydrogen-bond donors (Lipinski definition) is 1. The molecule has 10 heteroatoms. The van der Waals surface area contributed by atoms with Crippen LogP contribution in [-0.4, -0.2) is 58.9 Å². The normalized spacial score (nSPS) is 14.6. The van der Waals surface area contributed by atoms with E-state index in [9.17, 15) is 4.79 Å². The summed E-state index contributed by atoms with van der Waals surface area (Å²) in [5.41, 5.74) is 6.10. The third-order valence-corrected chi connectivity index (χ3v) is 9.14. The van der Waals surface area contributed by atoms with Crippen LogP contribution in [0.5, 0.6) is 11.5 Å². The summed E-state index contributed by atoms with van der Waals surface area (Å²) >= 11 is 1.61. The fourth-order valence-corrected chi connectivity index (χ4v) is 6.64. The molecule has 0 bridgehead atoms. The minimum Gasteiger partial charge on any atom is -0.497 e. The Labute approximate surface area is 275 Å². The lowest BCUT2D eigenvalue weighted by atomic mass is 10.1. The first-order chi connectivity index (χ1) is 22.5. The topological polar surface area (TPSA) is 83.1 Å². The molecule has 1 fully saturated rings. The number of hydrogen-bond acceptors (Lipinski definition) is 8. The highest BCUT2D eigenvalue weighted by molar-refractivity contribution is 7.99. The van der Waals surface area contributed by atoms with E-state index in [2.05, 4.69) is 70.6 Å². The van der Waals surface area contributed by atoms with Crippen molar-refractivity contribution in [2.45, 2.75) is 57.6 Å². The zero-order valence-corrected chi connectivity index (χ0v) is 27.7. The van der Waals surface area contributed by atoms with E-state index in [1.54, 1.807) is 26.0 Å². The highest BCUT2D eigenvalue weighted by Gasteiger charge is 2.30. The van der Waals surface area contributed by atoms with E-state index in [1.165, 1.54) is 18.4 Å². The van der Waals surface area contributed by atoms with Gasteiger partial charge < -0.3 is 24.6 Å². The predicted octanol–water partition coefficient (Wildman–Crippen LogP) is 6.96. The Hall–Kier alpha value is -4.28. The van der Waals surface area contributed by atoms with Gasteiger partial charge in [0.1, 0.15) is 17.2 Å². The van der Waals surface area contributed by atoms with Gasteiger partial charge in [0.15, 0.2) is 11.0 Å². The molecule has 0 aliphatic carbocycles. The van der Waals surface area contributed by atoms with E-state index in [4.69, 9.17) is 19.4 Å². The van der Waals surface area contributed by atoms with Crippen molar-refractivity contribution in [2.24, 2.45) is 0 Å². The zero-order chi connectivity index (χ0) is 31.9. The largest absolute Gasteiger partial charge is 0.497 e. The Morgan fingerprint density at radius 1 is 0.826 bits per heavy atom. The summed E-state index contributed by atoms with van der Waals surface area (Å²) in [6.45, 7) is 7.45. The molecule has 0 unspecified atom stereocenters. The van der Waals surface area contributed by atoms with E-state index in [1.807, 2.05) is 29.2 Å². The van der Waals surface area contributed by atoms with Gasteiger partial charge in [0.25, 0.3) is 0 Å². The molecular weight excluding hydrogens is 597 g/mol. The summed E-state index contributed by atoms with van der Waals surface area (Å²) in [6, 6.07) is 24.6. The van der Waals surface area contributed by atoms with Crippen molar-refractivity contribution in [3.05, 3.63) is 101 Å². The maximum Gasteiger partial charge on any atom is 0.322 e. The fourth-order valence-electron chi connectivity index (χ4n) is 6.06. The SMILES string of the molecule is CCSc1nc2c(c(N(Cc3ccc(OC)cc3)Cc3ccc(OC)cc3)n1)NC(=O)N(Cc1cccc(CN3CCCC3)c1)C2. The number of carbonyl (C=O) groups excluding carboxylic acids is 1. The molecule has 46 heavy (non-hydrogen) atoms. The average Bonchev–Trinajstić information content (AvgIpc) is 3.59. The second-order valence-electron chi connectivity index (χ2n) is 11.7. The zero-order valence-electron chi connectivity index (χ0n) is 26.9. The van der Waals surface area contributed by atoms with E-state index in [-0.39, 0.29) is 6.03 Å². The maximum atomic E-state index is 13.7. The predicted molar refractivity (Wildman–Crippen MR) is 184 cm³/mol. The first kappa shape index (κ1) is 31.7. The maximum absolute atomic E-state index is 13.7. The molecule has 0 saturated carbocycles. The van der Waals surface area contributed by atoms with Gasteiger partial charge >= 0.3 is 6.03 Å². The number of anilines is 2. The number of likely N-dealkylation sites (tertiary alicyclic amines) is 1. The molecule has 0 atom stereocenters. The molecule has 1 aromatic heterocycles. The van der Waals surface area contributed by atoms with Crippen molar-refractivity contribution in [3.63, 3.8) is 0 Å². The molecule has 0 spiro atoms. The molecular formula is C36H42N6O3S. The van der Waals surface area contributed by atoms with E-state index >= 15 is 0 Å². The second kappa shape index (κ2) is 14.9. The quantitative estimate of drug-likeness (QED) is 0.124. The number of nitrogens with zero attached hydrogens (tertiary/aromatic N) is 5. The van der Waals surface area contributed by atoms with Crippen molar-refractivity contribution in [3.8, 4) is 11.5 Å². The molecule has 1 N–H and O–H groups in total.